The number of para-hydroxylation sites is 1. The number of aromatic hydroxyl groups is 1. The monoisotopic (exact) mass is 445 g/mol. The van der Waals surface area contributed by atoms with E-state index in [2.05, 4.69) is 9.98 Å². The van der Waals surface area contributed by atoms with Crippen LogP contribution in [-0.2, 0) is 7.05 Å². The molecule has 0 bridgehead atoms. The van der Waals surface area contributed by atoms with Gasteiger partial charge in [0.15, 0.2) is 5.69 Å². The van der Waals surface area contributed by atoms with Crippen molar-refractivity contribution in [2.45, 2.75) is 20.8 Å². The summed E-state index contributed by atoms with van der Waals surface area (Å²) < 4.78 is 4.13. The smallest absolute Gasteiger partial charge is 0.335 e. The third-order valence-corrected chi connectivity index (χ3v) is 5.54. The van der Waals surface area contributed by atoms with Crippen molar-refractivity contribution >= 4 is 11.4 Å². The standard InChI is InChI=1S/C24H23N5O4/c1-14-10-12-17(13-11-14)28-22(31)19(21(30)26-24(28)33)15(2)25-20-16(3)27(4)29(23(20)32)18-8-6-5-7-9-18/h5-13,31H,1-4H3,(H,26,30,33). The molecular weight excluding hydrogens is 422 g/mol. The minimum Gasteiger partial charge on any atom is -0.493 e. The maximum atomic E-state index is 13.2. The second-order valence-electron chi connectivity index (χ2n) is 7.74. The molecule has 33 heavy (non-hydrogen) atoms. The first-order valence-corrected chi connectivity index (χ1v) is 10.3. The van der Waals surface area contributed by atoms with Crippen LogP contribution in [0.25, 0.3) is 11.4 Å². The summed E-state index contributed by atoms with van der Waals surface area (Å²) in [7, 11) is 1.74. The number of nitrogens with zero attached hydrogens (tertiary/aromatic N) is 4. The number of H-pyrrole nitrogens is 1. The van der Waals surface area contributed by atoms with E-state index in [1.165, 1.54) is 11.6 Å². The van der Waals surface area contributed by atoms with Gasteiger partial charge in [0, 0.05) is 7.05 Å². The molecule has 2 heterocycles. The van der Waals surface area contributed by atoms with Crippen LogP contribution >= 0.6 is 0 Å². The number of aromatic nitrogens is 4. The molecule has 0 radical (unpaired) electrons. The molecule has 0 atom stereocenters. The van der Waals surface area contributed by atoms with Gasteiger partial charge in [0.05, 0.1) is 22.8 Å². The third-order valence-electron chi connectivity index (χ3n) is 5.54. The summed E-state index contributed by atoms with van der Waals surface area (Å²) in [4.78, 5) is 44.8. The van der Waals surface area contributed by atoms with E-state index in [0.717, 1.165) is 10.1 Å². The number of aryl methyl sites for hydroxylation is 1. The summed E-state index contributed by atoms with van der Waals surface area (Å²) in [5.41, 5.74) is 0.698. The van der Waals surface area contributed by atoms with Gasteiger partial charge in [-0.05, 0) is 45.0 Å². The van der Waals surface area contributed by atoms with Crippen molar-refractivity contribution in [3.8, 4) is 17.3 Å². The molecule has 0 aliphatic heterocycles. The maximum Gasteiger partial charge on any atom is 0.335 e. The van der Waals surface area contributed by atoms with Crippen LogP contribution in [0.5, 0.6) is 5.88 Å². The second-order valence-corrected chi connectivity index (χ2v) is 7.74. The fraction of sp³-hybridized carbons (Fsp3) is 0.167. The number of hydrogen-bond donors (Lipinski definition) is 2. The van der Waals surface area contributed by atoms with Gasteiger partial charge in [-0.2, -0.15) is 0 Å². The Morgan fingerprint density at radius 3 is 2.21 bits per heavy atom. The van der Waals surface area contributed by atoms with Gasteiger partial charge in [0.1, 0.15) is 5.56 Å². The molecule has 4 rings (SSSR count). The number of benzene rings is 2. The molecule has 2 N–H and O–H groups in total. The summed E-state index contributed by atoms with van der Waals surface area (Å²) in [6.07, 6.45) is 0. The number of rotatable bonds is 4. The zero-order valence-corrected chi connectivity index (χ0v) is 18.7. The maximum absolute atomic E-state index is 13.2. The first-order valence-electron chi connectivity index (χ1n) is 10.3. The lowest BCUT2D eigenvalue weighted by atomic mass is 10.2. The largest absolute Gasteiger partial charge is 0.493 e. The van der Waals surface area contributed by atoms with Crippen molar-refractivity contribution in [2.24, 2.45) is 12.0 Å². The topological polar surface area (TPSA) is 114 Å². The van der Waals surface area contributed by atoms with Gasteiger partial charge >= 0.3 is 5.69 Å². The minimum absolute atomic E-state index is 0.0978. The van der Waals surface area contributed by atoms with E-state index in [-0.39, 0.29) is 22.5 Å². The van der Waals surface area contributed by atoms with E-state index in [1.807, 2.05) is 25.1 Å². The molecule has 2 aromatic carbocycles. The Hall–Kier alpha value is -4.40. The number of nitrogens with one attached hydrogen (secondary N) is 1. The zero-order valence-electron chi connectivity index (χ0n) is 18.7. The first-order chi connectivity index (χ1) is 15.7. The predicted octanol–water partition coefficient (Wildman–Crippen LogP) is 2.48. The summed E-state index contributed by atoms with van der Waals surface area (Å²) in [5, 5.41) is 10.9. The van der Waals surface area contributed by atoms with E-state index < -0.39 is 17.1 Å². The first kappa shape index (κ1) is 21.8. The van der Waals surface area contributed by atoms with Crippen molar-refractivity contribution < 1.29 is 5.11 Å². The number of aromatic amines is 1. The Kier molecular flexibility index (Phi) is 5.47. The molecule has 168 valence electrons. The van der Waals surface area contributed by atoms with Gasteiger partial charge in [-0.3, -0.25) is 19.3 Å². The average Bonchev–Trinajstić information content (AvgIpc) is 2.98. The predicted molar refractivity (Wildman–Crippen MR) is 127 cm³/mol. The Labute approximate surface area is 188 Å². The van der Waals surface area contributed by atoms with Gasteiger partial charge in [-0.15, -0.1) is 0 Å². The van der Waals surface area contributed by atoms with Gasteiger partial charge in [0.25, 0.3) is 11.1 Å². The van der Waals surface area contributed by atoms with Crippen molar-refractivity contribution in [3.63, 3.8) is 0 Å². The van der Waals surface area contributed by atoms with E-state index in [1.54, 1.807) is 55.1 Å². The van der Waals surface area contributed by atoms with Crippen LogP contribution in [0.1, 0.15) is 23.7 Å². The van der Waals surface area contributed by atoms with Gasteiger partial charge < -0.3 is 5.11 Å². The highest BCUT2D eigenvalue weighted by atomic mass is 16.3. The van der Waals surface area contributed by atoms with Gasteiger partial charge in [-0.1, -0.05) is 35.9 Å². The highest BCUT2D eigenvalue weighted by molar-refractivity contribution is 6.01. The lowest BCUT2D eigenvalue weighted by Crippen LogP contribution is -2.32. The molecule has 2 aromatic heterocycles. The molecule has 0 saturated heterocycles. The Morgan fingerprint density at radius 1 is 0.939 bits per heavy atom. The Morgan fingerprint density at radius 2 is 1.58 bits per heavy atom. The van der Waals surface area contributed by atoms with Crippen molar-refractivity contribution in [3.05, 3.63) is 103 Å². The highest BCUT2D eigenvalue weighted by Gasteiger charge is 2.21. The molecule has 0 spiro atoms. The molecule has 0 aliphatic rings. The minimum atomic E-state index is -0.793. The zero-order chi connectivity index (χ0) is 23.9. The fourth-order valence-electron chi connectivity index (χ4n) is 3.69. The normalized spacial score (nSPS) is 11.7. The molecule has 4 aromatic rings. The molecule has 9 nitrogen and oxygen atoms in total. The molecule has 0 amide bonds. The lowest BCUT2D eigenvalue weighted by molar-refractivity contribution is 0.430. The lowest BCUT2D eigenvalue weighted by Gasteiger charge is -2.11. The van der Waals surface area contributed by atoms with Crippen LogP contribution < -0.4 is 16.8 Å². The van der Waals surface area contributed by atoms with Crippen molar-refractivity contribution in [1.82, 2.24) is 18.9 Å². The molecule has 0 saturated carbocycles. The van der Waals surface area contributed by atoms with Crippen LogP contribution in [0.15, 0.2) is 74.0 Å². The third kappa shape index (κ3) is 3.73. The molecule has 0 aliphatic carbocycles. The van der Waals surface area contributed by atoms with Crippen molar-refractivity contribution in [2.75, 3.05) is 0 Å². The Balaban J connectivity index is 1.90. The van der Waals surface area contributed by atoms with E-state index in [9.17, 15) is 19.5 Å². The van der Waals surface area contributed by atoms with E-state index in [4.69, 9.17) is 0 Å². The molecule has 9 heteroatoms. The SMILES string of the molecule is CC(=Nc1c(C)n(C)n(-c2ccccc2)c1=O)c1c(O)n(-c2ccc(C)cc2)c(=O)[nH]c1=O. The van der Waals surface area contributed by atoms with Crippen LogP contribution in [0.2, 0.25) is 0 Å². The van der Waals surface area contributed by atoms with Crippen LogP contribution in [-0.4, -0.2) is 29.7 Å². The highest BCUT2D eigenvalue weighted by Crippen LogP contribution is 2.21. The van der Waals surface area contributed by atoms with Crippen LogP contribution in [0.4, 0.5) is 5.69 Å². The van der Waals surface area contributed by atoms with E-state index in [0.29, 0.717) is 17.1 Å². The number of aliphatic imine (C=N–C) groups is 1. The average molecular weight is 445 g/mol. The number of hydrogen-bond acceptors (Lipinski definition) is 5. The summed E-state index contributed by atoms with van der Waals surface area (Å²) >= 11 is 0. The summed E-state index contributed by atoms with van der Waals surface area (Å²) in [6.45, 7) is 5.14. The van der Waals surface area contributed by atoms with Gasteiger partial charge in [0.2, 0.25) is 5.88 Å². The molecule has 0 unspecified atom stereocenters. The quantitative estimate of drug-likeness (QED) is 0.470. The summed E-state index contributed by atoms with van der Waals surface area (Å²) in [6, 6.07) is 16.0. The van der Waals surface area contributed by atoms with Crippen molar-refractivity contribution in [1.29, 1.82) is 0 Å². The van der Waals surface area contributed by atoms with E-state index >= 15 is 0 Å². The van der Waals surface area contributed by atoms with Crippen LogP contribution in [0.3, 0.4) is 0 Å². The summed E-state index contributed by atoms with van der Waals surface area (Å²) in [5.74, 6) is -0.550. The fourth-order valence-corrected chi connectivity index (χ4v) is 3.69. The van der Waals surface area contributed by atoms with Crippen LogP contribution in [0, 0.1) is 13.8 Å². The Bertz CT molecular complexity index is 1550. The second kappa shape index (κ2) is 8.27. The van der Waals surface area contributed by atoms with Gasteiger partial charge in [-0.25, -0.2) is 19.0 Å². The molecular formula is C24H23N5O4. The molecule has 0 fully saturated rings.